The molecule has 30 heavy (non-hydrogen) atoms. The van der Waals surface area contributed by atoms with Crippen LogP contribution in [0.25, 0.3) is 27.5 Å². The van der Waals surface area contributed by atoms with E-state index < -0.39 is 0 Å². The molecule has 1 nitrogen and oxygen atoms in total. The SMILES string of the molecule is Cc1cccc2c1c1cccc3c1n2-c1cccc2c1B3c1ccccc1C2(C)C. The predicted octanol–water partition coefficient (Wildman–Crippen LogP) is 4.56. The van der Waals surface area contributed by atoms with Crippen LogP contribution in [0.2, 0.25) is 0 Å². The van der Waals surface area contributed by atoms with E-state index in [0.717, 1.165) is 0 Å². The van der Waals surface area contributed by atoms with Gasteiger partial charge in [-0.2, -0.15) is 0 Å². The maximum atomic E-state index is 2.53. The van der Waals surface area contributed by atoms with E-state index in [1.165, 1.54) is 60.6 Å². The number of nitrogens with zero attached hydrogens (tertiary/aromatic N) is 1. The van der Waals surface area contributed by atoms with E-state index in [0.29, 0.717) is 6.71 Å². The van der Waals surface area contributed by atoms with E-state index in [4.69, 9.17) is 0 Å². The summed E-state index contributed by atoms with van der Waals surface area (Å²) >= 11 is 0. The van der Waals surface area contributed by atoms with Crippen molar-refractivity contribution in [3.05, 3.63) is 95.6 Å². The molecule has 7 rings (SSSR count). The van der Waals surface area contributed by atoms with Crippen molar-refractivity contribution in [2.24, 2.45) is 0 Å². The van der Waals surface area contributed by atoms with Gasteiger partial charge in [0.1, 0.15) is 0 Å². The Balaban J connectivity index is 1.77. The van der Waals surface area contributed by atoms with E-state index in [1.807, 2.05) is 0 Å². The first-order valence-corrected chi connectivity index (χ1v) is 10.8. The van der Waals surface area contributed by atoms with Crippen molar-refractivity contribution in [1.29, 1.82) is 0 Å². The van der Waals surface area contributed by atoms with Gasteiger partial charge in [0.15, 0.2) is 0 Å². The van der Waals surface area contributed by atoms with Crippen LogP contribution in [0.3, 0.4) is 0 Å². The summed E-state index contributed by atoms with van der Waals surface area (Å²) in [6, 6.07) is 29.6. The highest BCUT2D eigenvalue weighted by Gasteiger charge is 2.44. The maximum Gasteiger partial charge on any atom is 0.247 e. The molecule has 2 aliphatic rings. The number of hydrogen-bond donors (Lipinski definition) is 0. The second kappa shape index (κ2) is 5.26. The van der Waals surface area contributed by atoms with Gasteiger partial charge in [-0.25, -0.2) is 0 Å². The largest absolute Gasteiger partial charge is 0.310 e. The normalized spacial score (nSPS) is 15.4. The van der Waals surface area contributed by atoms with Gasteiger partial charge in [0.05, 0.1) is 5.52 Å². The van der Waals surface area contributed by atoms with Crippen LogP contribution in [0.4, 0.5) is 0 Å². The molecule has 0 saturated carbocycles. The smallest absolute Gasteiger partial charge is 0.247 e. The van der Waals surface area contributed by atoms with Gasteiger partial charge in [-0.15, -0.1) is 0 Å². The Hall–Kier alpha value is -3.26. The van der Waals surface area contributed by atoms with Crippen molar-refractivity contribution in [2.45, 2.75) is 26.2 Å². The summed E-state index contributed by atoms with van der Waals surface area (Å²) in [5, 5.41) is 2.76. The minimum Gasteiger partial charge on any atom is -0.310 e. The highest BCUT2D eigenvalue weighted by Crippen LogP contribution is 2.39. The summed E-state index contributed by atoms with van der Waals surface area (Å²) in [5.41, 5.74) is 12.7. The van der Waals surface area contributed by atoms with E-state index in [1.54, 1.807) is 0 Å². The van der Waals surface area contributed by atoms with Crippen LogP contribution in [0.15, 0.2) is 78.9 Å². The molecule has 0 amide bonds. The lowest BCUT2D eigenvalue weighted by Gasteiger charge is -2.41. The van der Waals surface area contributed by atoms with Gasteiger partial charge >= 0.3 is 0 Å². The molecule has 0 fully saturated rings. The minimum absolute atomic E-state index is 0.0112. The van der Waals surface area contributed by atoms with Crippen LogP contribution >= 0.6 is 0 Å². The van der Waals surface area contributed by atoms with Gasteiger partial charge < -0.3 is 4.57 Å². The second-order valence-corrected chi connectivity index (χ2v) is 9.43. The van der Waals surface area contributed by atoms with Crippen LogP contribution in [0.5, 0.6) is 0 Å². The van der Waals surface area contributed by atoms with Gasteiger partial charge in [0.25, 0.3) is 0 Å². The van der Waals surface area contributed by atoms with Gasteiger partial charge in [-0.3, -0.25) is 0 Å². The van der Waals surface area contributed by atoms with Crippen molar-refractivity contribution < 1.29 is 0 Å². The first kappa shape index (κ1) is 16.5. The number of para-hydroxylation sites is 1. The molecule has 0 spiro atoms. The first-order chi connectivity index (χ1) is 14.6. The van der Waals surface area contributed by atoms with Crippen molar-refractivity contribution in [3.8, 4) is 5.69 Å². The number of fused-ring (bicyclic) bond motifs is 7. The zero-order valence-electron chi connectivity index (χ0n) is 17.5. The Bertz CT molecular complexity index is 1540. The lowest BCUT2D eigenvalue weighted by atomic mass is 9.30. The van der Waals surface area contributed by atoms with E-state index in [-0.39, 0.29) is 5.41 Å². The molecule has 2 aliphatic heterocycles. The topological polar surface area (TPSA) is 4.93 Å². The summed E-state index contributed by atoms with van der Waals surface area (Å²) in [5.74, 6) is 0. The van der Waals surface area contributed by atoms with E-state index >= 15 is 0 Å². The molecule has 3 heterocycles. The fraction of sp³-hybridized carbons (Fsp3) is 0.143. The second-order valence-electron chi connectivity index (χ2n) is 9.43. The highest BCUT2D eigenvalue weighted by molar-refractivity contribution is 6.99. The Morgan fingerprint density at radius 1 is 0.733 bits per heavy atom. The van der Waals surface area contributed by atoms with Gasteiger partial charge in [-0.05, 0) is 46.7 Å². The first-order valence-electron chi connectivity index (χ1n) is 10.8. The zero-order chi connectivity index (χ0) is 20.2. The molecule has 4 aromatic carbocycles. The molecular weight excluding hydrogens is 361 g/mol. The lowest BCUT2D eigenvalue weighted by molar-refractivity contribution is 0.645. The Morgan fingerprint density at radius 2 is 1.47 bits per heavy atom. The third-order valence-corrected chi connectivity index (χ3v) is 7.59. The predicted molar refractivity (Wildman–Crippen MR) is 129 cm³/mol. The average Bonchev–Trinajstić information content (AvgIpc) is 3.10. The van der Waals surface area contributed by atoms with Crippen molar-refractivity contribution >= 4 is 44.9 Å². The quantitative estimate of drug-likeness (QED) is 0.339. The summed E-state index contributed by atoms with van der Waals surface area (Å²) in [6.45, 7) is 7.29. The molecule has 0 bridgehead atoms. The standard InChI is InChI=1S/C28H22BN/c1-17-9-6-15-23-25(17)18-10-7-14-22-27(18)30(23)24-16-8-12-20-26(24)29(22)21-13-5-4-11-19(21)28(20,2)3/h4-16H,1-3H3. The number of aromatic nitrogens is 1. The van der Waals surface area contributed by atoms with Crippen molar-refractivity contribution in [2.75, 3.05) is 0 Å². The van der Waals surface area contributed by atoms with Crippen molar-refractivity contribution in [3.63, 3.8) is 0 Å². The van der Waals surface area contributed by atoms with Crippen LogP contribution in [0, 0.1) is 6.92 Å². The molecule has 0 atom stereocenters. The highest BCUT2D eigenvalue weighted by atomic mass is 15.0. The number of benzene rings is 4. The zero-order valence-corrected chi connectivity index (χ0v) is 17.5. The molecule has 0 radical (unpaired) electrons. The Kier molecular flexibility index (Phi) is 2.90. The molecule has 0 N–H and O–H groups in total. The van der Waals surface area contributed by atoms with Crippen LogP contribution in [-0.4, -0.2) is 11.3 Å². The minimum atomic E-state index is -0.0112. The fourth-order valence-electron chi connectivity index (χ4n) is 6.34. The molecule has 0 unspecified atom stereocenters. The van der Waals surface area contributed by atoms with Crippen molar-refractivity contribution in [1.82, 2.24) is 4.57 Å². The molecule has 0 aliphatic carbocycles. The third-order valence-electron chi connectivity index (χ3n) is 7.59. The fourth-order valence-corrected chi connectivity index (χ4v) is 6.34. The number of rotatable bonds is 0. The summed E-state index contributed by atoms with van der Waals surface area (Å²) in [4.78, 5) is 0. The number of hydrogen-bond acceptors (Lipinski definition) is 0. The van der Waals surface area contributed by atoms with Crippen LogP contribution < -0.4 is 16.4 Å². The average molecular weight is 383 g/mol. The van der Waals surface area contributed by atoms with Gasteiger partial charge in [0, 0.05) is 27.4 Å². The Labute approximate surface area is 177 Å². The Morgan fingerprint density at radius 3 is 2.37 bits per heavy atom. The van der Waals surface area contributed by atoms with Gasteiger partial charge in [0.2, 0.25) is 6.71 Å². The third kappa shape index (κ3) is 1.73. The maximum absolute atomic E-state index is 2.53. The van der Waals surface area contributed by atoms with Crippen LogP contribution in [-0.2, 0) is 5.41 Å². The molecule has 142 valence electrons. The summed E-state index contributed by atoms with van der Waals surface area (Å²) in [7, 11) is 0. The van der Waals surface area contributed by atoms with E-state index in [2.05, 4.69) is 104 Å². The summed E-state index contributed by atoms with van der Waals surface area (Å²) < 4.78 is 2.53. The monoisotopic (exact) mass is 383 g/mol. The summed E-state index contributed by atoms with van der Waals surface area (Å²) in [6.07, 6.45) is 0. The lowest BCUT2D eigenvalue weighted by Crippen LogP contribution is -2.63. The molecular formula is C28H22BN. The molecule has 2 heteroatoms. The molecule has 5 aromatic rings. The van der Waals surface area contributed by atoms with Gasteiger partial charge in [-0.1, -0.05) is 86.0 Å². The number of aryl methyl sites for hydroxylation is 1. The van der Waals surface area contributed by atoms with E-state index in [9.17, 15) is 0 Å². The van der Waals surface area contributed by atoms with Crippen LogP contribution in [0.1, 0.15) is 30.5 Å². The molecule has 1 aromatic heterocycles. The molecule has 0 saturated heterocycles.